The molecule has 25 heavy (non-hydrogen) atoms. The van der Waals surface area contributed by atoms with Gasteiger partial charge < -0.3 is 15.1 Å². The largest absolute Gasteiger partial charge is 0.366 e. The molecule has 0 saturated carbocycles. The number of anilines is 2. The van der Waals surface area contributed by atoms with E-state index in [1.54, 1.807) is 30.3 Å². The molecule has 0 aromatic heterocycles. The van der Waals surface area contributed by atoms with Gasteiger partial charge in [0.25, 0.3) is 0 Å². The van der Waals surface area contributed by atoms with Crippen LogP contribution in [0, 0.1) is 12.7 Å². The van der Waals surface area contributed by atoms with Gasteiger partial charge in [0.05, 0.1) is 5.69 Å². The molecule has 6 heteroatoms. The number of para-hydroxylation sites is 1. The third kappa shape index (κ3) is 3.96. The Hall–Kier alpha value is -2.89. The van der Waals surface area contributed by atoms with Crippen molar-refractivity contribution in [2.24, 2.45) is 0 Å². The Kier molecular flexibility index (Phi) is 4.97. The van der Waals surface area contributed by atoms with Crippen molar-refractivity contribution in [3.8, 4) is 0 Å². The van der Waals surface area contributed by atoms with Crippen LogP contribution in [0.1, 0.15) is 5.56 Å². The fourth-order valence-corrected chi connectivity index (χ4v) is 2.91. The summed E-state index contributed by atoms with van der Waals surface area (Å²) in [6.45, 7) is 3.66. The minimum atomic E-state index is -0.648. The van der Waals surface area contributed by atoms with Crippen molar-refractivity contribution in [3.05, 3.63) is 59.9 Å². The molecular weight excluding hydrogens is 321 g/mol. The van der Waals surface area contributed by atoms with E-state index in [9.17, 15) is 14.0 Å². The summed E-state index contributed by atoms with van der Waals surface area (Å²) in [4.78, 5) is 27.9. The lowest BCUT2D eigenvalue weighted by molar-refractivity contribution is -0.143. The zero-order valence-corrected chi connectivity index (χ0v) is 14.0. The van der Waals surface area contributed by atoms with Gasteiger partial charge in [0.15, 0.2) is 0 Å². The van der Waals surface area contributed by atoms with E-state index in [0.29, 0.717) is 37.6 Å². The first kappa shape index (κ1) is 17.0. The number of halogens is 1. The van der Waals surface area contributed by atoms with Gasteiger partial charge in [0, 0.05) is 31.9 Å². The summed E-state index contributed by atoms with van der Waals surface area (Å²) < 4.78 is 13.8. The van der Waals surface area contributed by atoms with Crippen LogP contribution in [0.3, 0.4) is 0 Å². The molecule has 1 saturated heterocycles. The summed E-state index contributed by atoms with van der Waals surface area (Å²) in [5, 5.41) is 2.63. The number of nitrogens with one attached hydrogen (secondary N) is 1. The highest BCUT2D eigenvalue weighted by Crippen LogP contribution is 2.20. The number of hydrogen-bond acceptors (Lipinski definition) is 3. The van der Waals surface area contributed by atoms with E-state index in [2.05, 4.69) is 5.32 Å². The number of rotatable bonds is 2. The molecule has 1 N–H and O–H groups in total. The number of hydrogen-bond donors (Lipinski definition) is 1. The predicted molar refractivity (Wildman–Crippen MR) is 95.0 cm³/mol. The van der Waals surface area contributed by atoms with Crippen LogP contribution in [0.2, 0.25) is 0 Å². The van der Waals surface area contributed by atoms with E-state index in [0.717, 1.165) is 5.56 Å². The molecule has 0 unspecified atom stereocenters. The molecule has 0 spiro atoms. The van der Waals surface area contributed by atoms with Crippen LogP contribution in [-0.4, -0.2) is 42.9 Å². The Morgan fingerprint density at radius 1 is 1.00 bits per heavy atom. The van der Waals surface area contributed by atoms with Gasteiger partial charge in [-0.15, -0.1) is 0 Å². The Morgan fingerprint density at radius 2 is 1.72 bits per heavy atom. The summed E-state index contributed by atoms with van der Waals surface area (Å²) in [5.41, 5.74) is 2.13. The maximum absolute atomic E-state index is 13.8. The minimum Gasteiger partial charge on any atom is -0.366 e. The highest BCUT2D eigenvalue weighted by molar-refractivity contribution is 6.39. The van der Waals surface area contributed by atoms with Crippen LogP contribution in [-0.2, 0) is 9.59 Å². The number of piperazine rings is 1. The van der Waals surface area contributed by atoms with Crippen LogP contribution < -0.4 is 10.2 Å². The van der Waals surface area contributed by atoms with Crippen molar-refractivity contribution in [1.29, 1.82) is 0 Å². The van der Waals surface area contributed by atoms with E-state index in [1.165, 1.54) is 11.0 Å². The van der Waals surface area contributed by atoms with Gasteiger partial charge >= 0.3 is 11.8 Å². The molecule has 1 heterocycles. The Balaban J connectivity index is 1.58. The molecule has 1 aliphatic rings. The number of benzene rings is 2. The summed E-state index contributed by atoms with van der Waals surface area (Å²) in [5.74, 6) is -1.49. The molecular formula is C19H20FN3O2. The first-order valence-corrected chi connectivity index (χ1v) is 8.21. The molecule has 2 amide bonds. The van der Waals surface area contributed by atoms with Crippen LogP contribution >= 0.6 is 0 Å². The molecule has 1 aliphatic heterocycles. The Bertz CT molecular complexity index is 786. The normalized spacial score (nSPS) is 14.3. The van der Waals surface area contributed by atoms with Crippen LogP contribution in [0.5, 0.6) is 0 Å². The predicted octanol–water partition coefficient (Wildman–Crippen LogP) is 2.42. The Morgan fingerprint density at radius 3 is 2.40 bits per heavy atom. The average Bonchev–Trinajstić information content (AvgIpc) is 2.62. The van der Waals surface area contributed by atoms with Crippen molar-refractivity contribution >= 4 is 23.2 Å². The third-order valence-electron chi connectivity index (χ3n) is 4.23. The quantitative estimate of drug-likeness (QED) is 0.854. The third-order valence-corrected chi connectivity index (χ3v) is 4.23. The first-order chi connectivity index (χ1) is 12.0. The van der Waals surface area contributed by atoms with Crippen molar-refractivity contribution in [1.82, 2.24) is 4.90 Å². The summed E-state index contributed by atoms with van der Waals surface area (Å²) >= 11 is 0. The molecule has 5 nitrogen and oxygen atoms in total. The number of nitrogens with zero attached hydrogens (tertiary/aromatic N) is 2. The fraction of sp³-hybridized carbons (Fsp3) is 0.263. The molecule has 1 fully saturated rings. The second-order valence-corrected chi connectivity index (χ2v) is 6.05. The number of carbonyl (C=O) groups is 2. The van der Waals surface area contributed by atoms with Gasteiger partial charge in [-0.3, -0.25) is 9.59 Å². The van der Waals surface area contributed by atoms with Gasteiger partial charge in [0.2, 0.25) is 0 Å². The smallest absolute Gasteiger partial charge is 0.313 e. The topological polar surface area (TPSA) is 52.7 Å². The zero-order chi connectivity index (χ0) is 17.8. The second kappa shape index (κ2) is 7.34. The van der Waals surface area contributed by atoms with Crippen LogP contribution in [0.4, 0.5) is 15.8 Å². The highest BCUT2D eigenvalue weighted by Gasteiger charge is 2.26. The molecule has 130 valence electrons. The van der Waals surface area contributed by atoms with Gasteiger partial charge in [-0.05, 0) is 36.8 Å². The van der Waals surface area contributed by atoms with E-state index in [4.69, 9.17) is 0 Å². The van der Waals surface area contributed by atoms with Crippen molar-refractivity contribution < 1.29 is 14.0 Å². The number of carbonyl (C=O) groups excluding carboxylic acids is 2. The van der Waals surface area contributed by atoms with E-state index >= 15 is 0 Å². The summed E-state index contributed by atoms with van der Waals surface area (Å²) in [6.07, 6.45) is 0. The van der Waals surface area contributed by atoms with E-state index < -0.39 is 11.8 Å². The monoisotopic (exact) mass is 341 g/mol. The summed E-state index contributed by atoms with van der Waals surface area (Å²) in [6, 6.07) is 13.9. The maximum atomic E-state index is 13.8. The molecule has 0 aliphatic carbocycles. The lowest BCUT2D eigenvalue weighted by Crippen LogP contribution is -2.51. The van der Waals surface area contributed by atoms with Gasteiger partial charge in [-0.25, -0.2) is 4.39 Å². The van der Waals surface area contributed by atoms with Crippen LogP contribution in [0.15, 0.2) is 48.5 Å². The van der Waals surface area contributed by atoms with Crippen molar-refractivity contribution in [3.63, 3.8) is 0 Å². The van der Waals surface area contributed by atoms with Crippen LogP contribution in [0.25, 0.3) is 0 Å². The molecule has 2 aromatic rings. The average molecular weight is 341 g/mol. The number of amides is 2. The SMILES string of the molecule is Cc1cccc(NC(=O)C(=O)N2CCN(c3ccccc3F)CC2)c1. The van der Waals surface area contributed by atoms with Gasteiger partial charge in [-0.1, -0.05) is 24.3 Å². The highest BCUT2D eigenvalue weighted by atomic mass is 19.1. The zero-order valence-electron chi connectivity index (χ0n) is 14.0. The van der Waals surface area contributed by atoms with E-state index in [-0.39, 0.29) is 5.82 Å². The van der Waals surface area contributed by atoms with Gasteiger partial charge in [0.1, 0.15) is 5.82 Å². The standard InChI is InChI=1S/C19H20FN3O2/c1-14-5-4-6-15(13-14)21-18(24)19(25)23-11-9-22(10-12-23)17-8-3-2-7-16(17)20/h2-8,13H,9-12H2,1H3,(H,21,24). The van der Waals surface area contributed by atoms with E-state index in [1.807, 2.05) is 24.0 Å². The molecule has 3 rings (SSSR count). The van der Waals surface area contributed by atoms with Gasteiger partial charge in [-0.2, -0.15) is 0 Å². The lowest BCUT2D eigenvalue weighted by Gasteiger charge is -2.35. The number of aryl methyl sites for hydroxylation is 1. The first-order valence-electron chi connectivity index (χ1n) is 8.21. The fourth-order valence-electron chi connectivity index (χ4n) is 2.91. The Labute approximate surface area is 146 Å². The molecule has 2 aromatic carbocycles. The molecule has 0 radical (unpaired) electrons. The van der Waals surface area contributed by atoms with Crippen molar-refractivity contribution in [2.75, 3.05) is 36.4 Å². The maximum Gasteiger partial charge on any atom is 0.313 e. The lowest BCUT2D eigenvalue weighted by atomic mass is 10.2. The summed E-state index contributed by atoms with van der Waals surface area (Å²) in [7, 11) is 0. The van der Waals surface area contributed by atoms with Crippen molar-refractivity contribution in [2.45, 2.75) is 6.92 Å². The molecule has 0 atom stereocenters. The molecule has 0 bridgehead atoms. The second-order valence-electron chi connectivity index (χ2n) is 6.05. The minimum absolute atomic E-state index is 0.278.